The van der Waals surface area contributed by atoms with Gasteiger partial charge in [-0.3, -0.25) is 9.69 Å². The molecule has 0 aromatic heterocycles. The standard InChI is InChI=1S/C20H32N2O/c1-3-22(4-2)19(17-12-10-7-11-13-17)16-21-20(23)18-14-8-5-6-9-15-18/h7,10-13,18-19H,3-6,8-9,14-16H2,1-2H3,(H,21,23). The number of hydrogen-bond donors (Lipinski definition) is 1. The van der Waals surface area contributed by atoms with Crippen molar-refractivity contribution in [2.75, 3.05) is 19.6 Å². The van der Waals surface area contributed by atoms with E-state index in [1.807, 2.05) is 6.07 Å². The van der Waals surface area contributed by atoms with Gasteiger partial charge in [-0.15, -0.1) is 0 Å². The van der Waals surface area contributed by atoms with Crippen molar-refractivity contribution in [1.82, 2.24) is 10.2 Å². The maximum Gasteiger partial charge on any atom is 0.223 e. The normalized spacial score (nSPS) is 17.7. The van der Waals surface area contributed by atoms with Crippen LogP contribution in [0.4, 0.5) is 0 Å². The summed E-state index contributed by atoms with van der Waals surface area (Å²) in [7, 11) is 0. The van der Waals surface area contributed by atoms with Gasteiger partial charge in [0.25, 0.3) is 0 Å². The van der Waals surface area contributed by atoms with Crippen LogP contribution >= 0.6 is 0 Å². The van der Waals surface area contributed by atoms with E-state index in [-0.39, 0.29) is 17.9 Å². The Kier molecular flexibility index (Phi) is 7.60. The number of nitrogens with one attached hydrogen (secondary N) is 1. The molecule has 0 radical (unpaired) electrons. The predicted molar refractivity (Wildman–Crippen MR) is 96.3 cm³/mol. The van der Waals surface area contributed by atoms with Crippen molar-refractivity contribution in [3.8, 4) is 0 Å². The summed E-state index contributed by atoms with van der Waals surface area (Å²) in [4.78, 5) is 15.0. The molecule has 128 valence electrons. The number of benzene rings is 1. The van der Waals surface area contributed by atoms with E-state index in [0.717, 1.165) is 25.9 Å². The second kappa shape index (κ2) is 9.71. The maximum absolute atomic E-state index is 12.6. The Hall–Kier alpha value is -1.35. The molecule has 1 saturated carbocycles. The van der Waals surface area contributed by atoms with Crippen LogP contribution in [0.2, 0.25) is 0 Å². The molecule has 3 heteroatoms. The van der Waals surface area contributed by atoms with Gasteiger partial charge in [0, 0.05) is 12.5 Å². The highest BCUT2D eigenvalue weighted by Gasteiger charge is 2.23. The Morgan fingerprint density at radius 1 is 1.09 bits per heavy atom. The van der Waals surface area contributed by atoms with Crippen LogP contribution in [-0.2, 0) is 4.79 Å². The average Bonchev–Trinajstić information content (AvgIpc) is 2.88. The van der Waals surface area contributed by atoms with Gasteiger partial charge in [-0.25, -0.2) is 0 Å². The highest BCUT2D eigenvalue weighted by Crippen LogP contribution is 2.24. The highest BCUT2D eigenvalue weighted by atomic mass is 16.1. The van der Waals surface area contributed by atoms with Gasteiger partial charge < -0.3 is 5.32 Å². The lowest BCUT2D eigenvalue weighted by Gasteiger charge is -2.30. The summed E-state index contributed by atoms with van der Waals surface area (Å²) in [6.45, 7) is 7.07. The molecular formula is C20H32N2O. The first-order valence-corrected chi connectivity index (χ1v) is 9.33. The SMILES string of the molecule is CCN(CC)C(CNC(=O)C1CCCCCC1)c1ccccc1. The fourth-order valence-corrected chi connectivity index (χ4v) is 3.68. The number of likely N-dealkylation sites (N-methyl/N-ethyl adjacent to an activating group) is 1. The van der Waals surface area contributed by atoms with Crippen molar-refractivity contribution in [3.63, 3.8) is 0 Å². The lowest BCUT2D eigenvalue weighted by molar-refractivity contribution is -0.125. The fraction of sp³-hybridized carbons (Fsp3) is 0.650. The van der Waals surface area contributed by atoms with Crippen molar-refractivity contribution in [2.24, 2.45) is 5.92 Å². The van der Waals surface area contributed by atoms with E-state index >= 15 is 0 Å². The number of carbonyl (C=O) groups is 1. The highest BCUT2D eigenvalue weighted by molar-refractivity contribution is 5.78. The van der Waals surface area contributed by atoms with Gasteiger partial charge in [0.05, 0.1) is 6.04 Å². The van der Waals surface area contributed by atoms with E-state index in [9.17, 15) is 4.79 Å². The second-order valence-electron chi connectivity index (χ2n) is 6.58. The maximum atomic E-state index is 12.6. The molecule has 1 N–H and O–H groups in total. The van der Waals surface area contributed by atoms with Crippen LogP contribution < -0.4 is 5.32 Å². The minimum absolute atomic E-state index is 0.227. The van der Waals surface area contributed by atoms with Crippen molar-refractivity contribution in [1.29, 1.82) is 0 Å². The minimum atomic E-state index is 0.227. The zero-order valence-corrected chi connectivity index (χ0v) is 14.8. The molecule has 0 heterocycles. The topological polar surface area (TPSA) is 32.3 Å². The first kappa shape index (κ1) is 18.0. The van der Waals surface area contributed by atoms with Crippen molar-refractivity contribution >= 4 is 5.91 Å². The zero-order chi connectivity index (χ0) is 16.5. The van der Waals surface area contributed by atoms with Crippen LogP contribution in [0.25, 0.3) is 0 Å². The number of rotatable bonds is 7. The summed E-state index contributed by atoms with van der Waals surface area (Å²) in [5, 5.41) is 3.25. The van der Waals surface area contributed by atoms with Gasteiger partial charge in [-0.1, -0.05) is 69.9 Å². The molecule has 1 atom stereocenters. The Labute approximate surface area is 141 Å². The third kappa shape index (κ3) is 5.35. The summed E-state index contributed by atoms with van der Waals surface area (Å²) in [5.41, 5.74) is 1.29. The van der Waals surface area contributed by atoms with Gasteiger partial charge in [-0.05, 0) is 31.5 Å². The van der Waals surface area contributed by atoms with Gasteiger partial charge >= 0.3 is 0 Å². The van der Waals surface area contributed by atoms with E-state index in [0.29, 0.717) is 6.54 Å². The Morgan fingerprint density at radius 3 is 2.26 bits per heavy atom. The summed E-state index contributed by atoms with van der Waals surface area (Å²) < 4.78 is 0. The monoisotopic (exact) mass is 316 g/mol. The Balaban J connectivity index is 1.98. The van der Waals surface area contributed by atoms with E-state index in [1.54, 1.807) is 0 Å². The first-order chi connectivity index (χ1) is 11.3. The van der Waals surface area contributed by atoms with E-state index < -0.39 is 0 Å². The zero-order valence-electron chi connectivity index (χ0n) is 14.8. The fourth-order valence-electron chi connectivity index (χ4n) is 3.68. The van der Waals surface area contributed by atoms with Gasteiger partial charge in [0.2, 0.25) is 5.91 Å². The number of hydrogen-bond acceptors (Lipinski definition) is 2. The molecular weight excluding hydrogens is 284 g/mol. The summed E-state index contributed by atoms with van der Waals surface area (Å²) in [5.74, 6) is 0.491. The number of carbonyl (C=O) groups excluding carboxylic acids is 1. The van der Waals surface area contributed by atoms with Crippen molar-refractivity contribution in [3.05, 3.63) is 35.9 Å². The average molecular weight is 316 g/mol. The van der Waals surface area contributed by atoms with Gasteiger partial charge in [0.1, 0.15) is 0 Å². The molecule has 1 aromatic rings. The van der Waals surface area contributed by atoms with E-state index in [2.05, 4.69) is 48.3 Å². The van der Waals surface area contributed by atoms with Gasteiger partial charge in [-0.2, -0.15) is 0 Å². The smallest absolute Gasteiger partial charge is 0.223 e. The molecule has 1 aliphatic carbocycles. The van der Waals surface area contributed by atoms with E-state index in [4.69, 9.17) is 0 Å². The van der Waals surface area contributed by atoms with Crippen LogP contribution in [0.3, 0.4) is 0 Å². The molecule has 3 nitrogen and oxygen atoms in total. The van der Waals surface area contributed by atoms with Crippen LogP contribution in [0.1, 0.15) is 64.0 Å². The van der Waals surface area contributed by atoms with Crippen LogP contribution in [0, 0.1) is 5.92 Å². The third-order valence-electron chi connectivity index (χ3n) is 5.13. The predicted octanol–water partition coefficient (Wildman–Crippen LogP) is 4.16. The summed E-state index contributed by atoms with van der Waals surface area (Å²) >= 11 is 0. The molecule has 0 saturated heterocycles. The quantitative estimate of drug-likeness (QED) is 0.766. The molecule has 0 bridgehead atoms. The molecule has 2 rings (SSSR count). The van der Waals surface area contributed by atoms with Crippen molar-refractivity contribution in [2.45, 2.75) is 58.4 Å². The largest absolute Gasteiger partial charge is 0.354 e. The first-order valence-electron chi connectivity index (χ1n) is 9.33. The molecule has 0 aliphatic heterocycles. The second-order valence-corrected chi connectivity index (χ2v) is 6.58. The lowest BCUT2D eigenvalue weighted by Crippen LogP contribution is -2.40. The molecule has 1 aromatic carbocycles. The molecule has 1 fully saturated rings. The molecule has 1 aliphatic rings. The molecule has 1 unspecified atom stereocenters. The van der Waals surface area contributed by atoms with E-state index in [1.165, 1.54) is 31.2 Å². The summed E-state index contributed by atoms with van der Waals surface area (Å²) in [6, 6.07) is 10.8. The summed E-state index contributed by atoms with van der Waals surface area (Å²) in [6.07, 6.45) is 7.11. The van der Waals surface area contributed by atoms with Crippen LogP contribution in [0.5, 0.6) is 0 Å². The Morgan fingerprint density at radius 2 is 1.70 bits per heavy atom. The third-order valence-corrected chi connectivity index (χ3v) is 5.13. The number of nitrogens with zero attached hydrogens (tertiary/aromatic N) is 1. The molecule has 23 heavy (non-hydrogen) atoms. The van der Waals surface area contributed by atoms with Crippen LogP contribution in [-0.4, -0.2) is 30.4 Å². The number of amides is 1. The Bertz CT molecular complexity index is 448. The van der Waals surface area contributed by atoms with Gasteiger partial charge in [0.15, 0.2) is 0 Å². The lowest BCUT2D eigenvalue weighted by atomic mass is 9.99. The minimum Gasteiger partial charge on any atom is -0.354 e. The molecule has 1 amide bonds. The van der Waals surface area contributed by atoms with Crippen molar-refractivity contribution < 1.29 is 4.79 Å². The van der Waals surface area contributed by atoms with Crippen LogP contribution in [0.15, 0.2) is 30.3 Å². The molecule has 0 spiro atoms.